The lowest BCUT2D eigenvalue weighted by Crippen LogP contribution is -2.44. The molecule has 0 saturated carbocycles. The molecule has 1 atom stereocenters. The van der Waals surface area contributed by atoms with Crippen LogP contribution in [0, 0.1) is 5.82 Å². The second kappa shape index (κ2) is 6.49. The maximum atomic E-state index is 14.3. The van der Waals surface area contributed by atoms with Crippen LogP contribution in [0.5, 0.6) is 0 Å². The topological polar surface area (TPSA) is 107 Å². The number of nitrogen functional groups attached to an aromatic ring is 1. The molecule has 9 heteroatoms. The first-order valence-corrected chi connectivity index (χ1v) is 14.1. The number of halogens is 1. The van der Waals surface area contributed by atoms with Crippen molar-refractivity contribution >= 4 is 35.8 Å². The lowest BCUT2D eigenvalue weighted by molar-refractivity contribution is -0.172. The minimum Gasteiger partial charge on any atom is -0.458 e. The first-order chi connectivity index (χ1) is 15.0. The van der Waals surface area contributed by atoms with Crippen molar-refractivity contribution in [2.45, 2.75) is 51.7 Å². The number of fused-ring (bicyclic) bond motifs is 5. The maximum absolute atomic E-state index is 14.3. The van der Waals surface area contributed by atoms with E-state index < -0.39 is 25.5 Å². The Hall–Kier alpha value is -3.04. The summed E-state index contributed by atoms with van der Waals surface area (Å²) in [6, 6.07) is 4.63. The van der Waals surface area contributed by atoms with Crippen LogP contribution in [0.3, 0.4) is 0 Å². The van der Waals surface area contributed by atoms with Gasteiger partial charge in [0, 0.05) is 17.0 Å². The number of rotatable bonds is 2. The number of ether oxygens (including phenoxy) is 1. The highest BCUT2D eigenvalue weighted by atomic mass is 28.3. The van der Waals surface area contributed by atoms with E-state index in [9.17, 15) is 19.1 Å². The summed E-state index contributed by atoms with van der Waals surface area (Å²) in [5.74, 6) is -1.31. The molecule has 5 rings (SSSR count). The SMILES string of the molecule is CC[C@@]1(O)C(=O)OCc2c1cc1n(c2=O)Cc2c-1nc1cc(F)c(N)cc1c2[Si](C)(C)C. The Morgan fingerprint density at radius 3 is 2.62 bits per heavy atom. The van der Waals surface area contributed by atoms with E-state index in [1.165, 1.54) is 6.07 Å². The fourth-order valence-electron chi connectivity index (χ4n) is 4.97. The van der Waals surface area contributed by atoms with Crippen LogP contribution in [0.4, 0.5) is 10.1 Å². The fraction of sp³-hybridized carbons (Fsp3) is 0.348. The summed E-state index contributed by atoms with van der Waals surface area (Å²) in [6.45, 7) is 8.35. The molecule has 0 amide bonds. The molecule has 0 aliphatic carbocycles. The molecule has 166 valence electrons. The van der Waals surface area contributed by atoms with E-state index in [1.54, 1.807) is 23.6 Å². The van der Waals surface area contributed by atoms with Crippen molar-refractivity contribution in [1.82, 2.24) is 9.55 Å². The Labute approximate surface area is 184 Å². The first kappa shape index (κ1) is 20.8. The van der Waals surface area contributed by atoms with Gasteiger partial charge < -0.3 is 20.1 Å². The quantitative estimate of drug-likeness (QED) is 0.274. The number of nitrogens with zero attached hydrogens (tertiary/aromatic N) is 2. The van der Waals surface area contributed by atoms with Gasteiger partial charge >= 0.3 is 5.97 Å². The minimum atomic E-state index is -1.99. The normalized spacial score (nSPS) is 19.5. The zero-order chi connectivity index (χ0) is 23.2. The maximum Gasteiger partial charge on any atom is 0.343 e. The van der Waals surface area contributed by atoms with Crippen molar-refractivity contribution in [2.24, 2.45) is 0 Å². The largest absolute Gasteiger partial charge is 0.458 e. The van der Waals surface area contributed by atoms with E-state index in [1.807, 2.05) is 0 Å². The average Bonchev–Trinajstić information content (AvgIpc) is 3.08. The first-order valence-electron chi connectivity index (χ1n) is 10.6. The van der Waals surface area contributed by atoms with Gasteiger partial charge in [-0.1, -0.05) is 26.6 Å². The number of nitrogens with two attached hydrogens (primary N) is 1. The lowest BCUT2D eigenvalue weighted by Gasteiger charge is -2.31. The van der Waals surface area contributed by atoms with Crippen molar-refractivity contribution in [2.75, 3.05) is 5.73 Å². The highest BCUT2D eigenvalue weighted by Gasteiger charge is 2.45. The predicted molar refractivity (Wildman–Crippen MR) is 122 cm³/mol. The molecule has 0 fully saturated rings. The number of benzene rings is 1. The van der Waals surface area contributed by atoms with Gasteiger partial charge in [0.05, 0.1) is 42.8 Å². The average molecular weight is 454 g/mol. The van der Waals surface area contributed by atoms with Crippen LogP contribution < -0.4 is 16.5 Å². The van der Waals surface area contributed by atoms with E-state index >= 15 is 0 Å². The van der Waals surface area contributed by atoms with Gasteiger partial charge in [-0.3, -0.25) is 4.79 Å². The van der Waals surface area contributed by atoms with E-state index in [-0.39, 0.29) is 35.4 Å². The van der Waals surface area contributed by atoms with Crippen LogP contribution in [-0.2, 0) is 28.3 Å². The third kappa shape index (κ3) is 2.64. The zero-order valence-electron chi connectivity index (χ0n) is 18.4. The van der Waals surface area contributed by atoms with Crippen molar-refractivity contribution in [3.05, 3.63) is 51.1 Å². The molecular weight excluding hydrogens is 429 g/mol. The van der Waals surface area contributed by atoms with Crippen LogP contribution in [0.1, 0.15) is 30.0 Å². The Bertz CT molecular complexity index is 1410. The number of aliphatic hydroxyl groups is 1. The van der Waals surface area contributed by atoms with Gasteiger partial charge in [0.2, 0.25) is 0 Å². The predicted octanol–water partition coefficient (Wildman–Crippen LogP) is 2.35. The van der Waals surface area contributed by atoms with Crippen molar-refractivity contribution in [1.29, 1.82) is 0 Å². The van der Waals surface area contributed by atoms with Gasteiger partial charge in [-0.15, -0.1) is 0 Å². The van der Waals surface area contributed by atoms with Gasteiger partial charge in [0.25, 0.3) is 5.56 Å². The summed E-state index contributed by atoms with van der Waals surface area (Å²) in [7, 11) is -1.99. The monoisotopic (exact) mass is 453 g/mol. The van der Waals surface area contributed by atoms with Crippen LogP contribution in [0.2, 0.25) is 19.6 Å². The van der Waals surface area contributed by atoms with E-state index in [4.69, 9.17) is 15.5 Å². The summed E-state index contributed by atoms with van der Waals surface area (Å²) < 4.78 is 21.0. The van der Waals surface area contributed by atoms with Gasteiger partial charge in [-0.2, -0.15) is 0 Å². The Kier molecular flexibility index (Phi) is 4.22. The van der Waals surface area contributed by atoms with Gasteiger partial charge in [-0.25, -0.2) is 14.2 Å². The molecule has 3 aromatic rings. The van der Waals surface area contributed by atoms with E-state index in [0.29, 0.717) is 23.4 Å². The fourth-order valence-corrected chi connectivity index (χ4v) is 7.09. The molecule has 2 aliphatic rings. The summed E-state index contributed by atoms with van der Waals surface area (Å²) in [5, 5.41) is 12.9. The van der Waals surface area contributed by atoms with E-state index in [0.717, 1.165) is 16.1 Å². The minimum absolute atomic E-state index is 0.0607. The van der Waals surface area contributed by atoms with Crippen LogP contribution >= 0.6 is 0 Å². The Morgan fingerprint density at radius 2 is 1.97 bits per heavy atom. The van der Waals surface area contributed by atoms with Crippen LogP contribution in [-0.4, -0.2) is 28.7 Å². The molecule has 4 heterocycles. The van der Waals surface area contributed by atoms with Gasteiger partial charge in [-0.05, 0) is 29.3 Å². The third-order valence-corrected chi connectivity index (χ3v) is 8.63. The van der Waals surface area contributed by atoms with Crippen molar-refractivity contribution in [3.63, 3.8) is 0 Å². The van der Waals surface area contributed by atoms with Crippen LogP contribution in [0.25, 0.3) is 22.3 Å². The molecular formula is C23H24FN3O4Si. The Balaban J connectivity index is 1.88. The number of carbonyl (C=O) groups excluding carboxylic acids is 1. The number of hydrogen-bond donors (Lipinski definition) is 2. The van der Waals surface area contributed by atoms with E-state index in [2.05, 4.69) is 19.6 Å². The number of pyridine rings is 2. The molecule has 0 bridgehead atoms. The summed E-state index contributed by atoms with van der Waals surface area (Å²) in [6.07, 6.45) is 0.0738. The van der Waals surface area contributed by atoms with Crippen molar-refractivity contribution in [3.8, 4) is 11.4 Å². The number of cyclic esters (lactones) is 1. The van der Waals surface area contributed by atoms with Gasteiger partial charge in [0.15, 0.2) is 5.60 Å². The third-order valence-electron chi connectivity index (χ3n) is 6.56. The number of aromatic nitrogens is 2. The molecule has 0 saturated heterocycles. The lowest BCUT2D eigenvalue weighted by atomic mass is 9.86. The second-order valence-corrected chi connectivity index (χ2v) is 14.6. The molecule has 2 aliphatic heterocycles. The number of anilines is 1. The zero-order valence-corrected chi connectivity index (χ0v) is 19.4. The summed E-state index contributed by atoms with van der Waals surface area (Å²) in [5.41, 5.74) is 6.76. The number of hydrogen-bond acceptors (Lipinski definition) is 6. The van der Waals surface area contributed by atoms with Gasteiger partial charge in [0.1, 0.15) is 12.4 Å². The molecule has 0 radical (unpaired) electrons. The number of carbonyl (C=O) groups is 1. The molecule has 7 nitrogen and oxygen atoms in total. The summed E-state index contributed by atoms with van der Waals surface area (Å²) >= 11 is 0. The highest BCUT2D eigenvalue weighted by Crippen LogP contribution is 2.39. The second-order valence-electron chi connectivity index (χ2n) is 9.56. The number of esters is 1. The molecule has 32 heavy (non-hydrogen) atoms. The standard InChI is InChI=1S/C23H24FN3O4Si/c1-5-23(30)14-7-18-19-12(9-27(18)21(28)13(14)10-31-22(23)29)20(32(2,3)4)11-6-16(25)15(24)8-17(11)26-19/h6-8,30H,5,9-10,25H2,1-4H3/t23-/m0/s1. The highest BCUT2D eigenvalue weighted by molar-refractivity contribution is 6.90. The molecule has 0 spiro atoms. The summed E-state index contributed by atoms with van der Waals surface area (Å²) in [4.78, 5) is 30.5. The van der Waals surface area contributed by atoms with Crippen molar-refractivity contribution < 1.29 is 19.0 Å². The Morgan fingerprint density at radius 1 is 1.25 bits per heavy atom. The molecule has 3 N–H and O–H groups in total. The molecule has 1 aromatic carbocycles. The van der Waals surface area contributed by atoms with Crippen LogP contribution in [0.15, 0.2) is 23.0 Å². The molecule has 0 unspecified atom stereocenters. The molecule has 2 aromatic heterocycles. The smallest absolute Gasteiger partial charge is 0.343 e.